The molecule has 6 nitrogen and oxygen atoms in total. The summed E-state index contributed by atoms with van der Waals surface area (Å²) in [5.74, 6) is 0.919. The van der Waals surface area contributed by atoms with Gasteiger partial charge in [-0.2, -0.15) is 0 Å². The molecule has 0 saturated heterocycles. The van der Waals surface area contributed by atoms with E-state index in [4.69, 9.17) is 40.0 Å². The van der Waals surface area contributed by atoms with Crippen LogP contribution in [0.1, 0.15) is 0 Å². The molecular weight excluding hydrogens is 300 g/mol. The van der Waals surface area contributed by atoms with Crippen LogP contribution in [0.3, 0.4) is 0 Å². The van der Waals surface area contributed by atoms with Gasteiger partial charge in [0.25, 0.3) is 0 Å². The highest BCUT2D eigenvalue weighted by molar-refractivity contribution is 6.32. The molecule has 7 heteroatoms. The molecule has 0 aromatic heterocycles. The molecule has 0 radical (unpaired) electrons. The molecule has 0 N–H and O–H groups in total. The number of hydrogen-bond acceptors (Lipinski definition) is 6. The first-order valence-electron chi connectivity index (χ1n) is 6.47. The van der Waals surface area contributed by atoms with Gasteiger partial charge in [0.15, 0.2) is 25.1 Å². The van der Waals surface area contributed by atoms with Gasteiger partial charge in [-0.3, -0.25) is 0 Å². The summed E-state index contributed by atoms with van der Waals surface area (Å²) in [7, 11) is 3.21. The SMILES string of the molecule is COCCOCOc1cccc(Cl)c1OCOCCOC. The quantitative estimate of drug-likeness (QED) is 0.435. The van der Waals surface area contributed by atoms with Crippen LogP contribution in [-0.2, 0) is 18.9 Å². The van der Waals surface area contributed by atoms with Crippen molar-refractivity contribution in [2.24, 2.45) is 0 Å². The lowest BCUT2D eigenvalue weighted by Gasteiger charge is -2.14. The van der Waals surface area contributed by atoms with E-state index < -0.39 is 0 Å². The van der Waals surface area contributed by atoms with Gasteiger partial charge in [-0.1, -0.05) is 17.7 Å². The second-order valence-corrected chi connectivity index (χ2v) is 4.30. The van der Waals surface area contributed by atoms with Crippen molar-refractivity contribution in [1.82, 2.24) is 0 Å². The second-order valence-electron chi connectivity index (χ2n) is 3.89. The first kappa shape index (κ1) is 18.0. The van der Waals surface area contributed by atoms with Crippen LogP contribution < -0.4 is 9.47 Å². The van der Waals surface area contributed by atoms with Crippen molar-refractivity contribution in [2.45, 2.75) is 0 Å². The maximum Gasteiger partial charge on any atom is 0.189 e. The minimum absolute atomic E-state index is 0.0635. The normalized spacial score (nSPS) is 10.6. The number of methoxy groups -OCH3 is 2. The number of hydrogen-bond donors (Lipinski definition) is 0. The van der Waals surface area contributed by atoms with E-state index in [1.54, 1.807) is 32.4 Å². The Labute approximate surface area is 129 Å². The first-order valence-corrected chi connectivity index (χ1v) is 6.85. The van der Waals surface area contributed by atoms with Crippen LogP contribution in [0.5, 0.6) is 11.5 Å². The molecule has 1 aromatic rings. The molecule has 21 heavy (non-hydrogen) atoms. The largest absolute Gasteiger partial charge is 0.464 e. The zero-order valence-corrected chi connectivity index (χ0v) is 13.1. The fourth-order valence-corrected chi connectivity index (χ4v) is 1.57. The highest BCUT2D eigenvalue weighted by atomic mass is 35.5. The summed E-state index contributed by atoms with van der Waals surface area (Å²) >= 11 is 6.09. The Morgan fingerprint density at radius 3 is 2.10 bits per heavy atom. The lowest BCUT2D eigenvalue weighted by Crippen LogP contribution is -2.10. The Balaban J connectivity index is 2.41. The van der Waals surface area contributed by atoms with Crippen LogP contribution in [0.25, 0.3) is 0 Å². The lowest BCUT2D eigenvalue weighted by molar-refractivity contribution is -0.0206. The van der Waals surface area contributed by atoms with Crippen molar-refractivity contribution in [3.63, 3.8) is 0 Å². The Morgan fingerprint density at radius 2 is 1.48 bits per heavy atom. The maximum atomic E-state index is 6.09. The van der Waals surface area contributed by atoms with Crippen molar-refractivity contribution in [1.29, 1.82) is 0 Å². The number of benzene rings is 1. The van der Waals surface area contributed by atoms with E-state index in [0.29, 0.717) is 42.9 Å². The average Bonchev–Trinajstić information content (AvgIpc) is 2.49. The third-order valence-electron chi connectivity index (χ3n) is 2.38. The van der Waals surface area contributed by atoms with E-state index in [0.717, 1.165) is 0 Å². The third kappa shape index (κ3) is 7.50. The summed E-state index contributed by atoms with van der Waals surface area (Å²) in [4.78, 5) is 0. The van der Waals surface area contributed by atoms with E-state index in [1.807, 2.05) is 0 Å². The second kappa shape index (κ2) is 11.6. The fourth-order valence-electron chi connectivity index (χ4n) is 1.35. The molecule has 0 aliphatic carbocycles. The van der Waals surface area contributed by atoms with Crippen LogP contribution in [0.15, 0.2) is 18.2 Å². The Kier molecular flexibility index (Phi) is 9.94. The smallest absolute Gasteiger partial charge is 0.189 e. The van der Waals surface area contributed by atoms with Crippen LogP contribution in [0.2, 0.25) is 5.02 Å². The van der Waals surface area contributed by atoms with E-state index in [2.05, 4.69) is 0 Å². The van der Waals surface area contributed by atoms with E-state index in [-0.39, 0.29) is 13.6 Å². The molecule has 1 aromatic carbocycles. The number of para-hydroxylation sites is 1. The van der Waals surface area contributed by atoms with E-state index >= 15 is 0 Å². The molecular formula is C14H21ClO6. The Bertz CT molecular complexity index is 388. The van der Waals surface area contributed by atoms with E-state index in [9.17, 15) is 0 Å². The van der Waals surface area contributed by atoms with Crippen molar-refractivity contribution in [3.05, 3.63) is 23.2 Å². The van der Waals surface area contributed by atoms with Crippen molar-refractivity contribution in [2.75, 3.05) is 54.2 Å². The van der Waals surface area contributed by atoms with Crippen LogP contribution in [0.4, 0.5) is 0 Å². The molecule has 0 spiro atoms. The summed E-state index contributed by atoms with van der Waals surface area (Å²) in [6.45, 7) is 2.06. The van der Waals surface area contributed by atoms with Crippen molar-refractivity contribution in [3.8, 4) is 11.5 Å². The van der Waals surface area contributed by atoms with Crippen LogP contribution in [0, 0.1) is 0 Å². The lowest BCUT2D eigenvalue weighted by atomic mass is 10.3. The summed E-state index contributed by atoms with van der Waals surface area (Å²) in [5, 5.41) is 0.444. The van der Waals surface area contributed by atoms with Gasteiger partial charge in [0.2, 0.25) is 0 Å². The molecule has 0 unspecified atom stereocenters. The Morgan fingerprint density at radius 1 is 0.857 bits per heavy atom. The molecule has 0 fully saturated rings. The third-order valence-corrected chi connectivity index (χ3v) is 2.68. The zero-order chi connectivity index (χ0) is 15.3. The van der Waals surface area contributed by atoms with Gasteiger partial charge in [0.1, 0.15) is 0 Å². The fraction of sp³-hybridized carbons (Fsp3) is 0.571. The summed E-state index contributed by atoms with van der Waals surface area (Å²) < 4.78 is 31.2. The summed E-state index contributed by atoms with van der Waals surface area (Å²) in [5.41, 5.74) is 0. The molecule has 0 amide bonds. The average molecular weight is 321 g/mol. The van der Waals surface area contributed by atoms with Gasteiger partial charge in [0.05, 0.1) is 31.5 Å². The molecule has 0 saturated carbocycles. The number of ether oxygens (including phenoxy) is 6. The number of halogens is 1. The highest BCUT2D eigenvalue weighted by Crippen LogP contribution is 2.34. The molecule has 0 bridgehead atoms. The van der Waals surface area contributed by atoms with Gasteiger partial charge in [0, 0.05) is 14.2 Å². The number of rotatable bonds is 12. The van der Waals surface area contributed by atoms with E-state index in [1.165, 1.54) is 0 Å². The molecule has 0 heterocycles. The standard InChI is InChI=1S/C14H21ClO6/c1-16-6-8-18-10-20-13-5-3-4-12(15)14(13)21-11-19-9-7-17-2/h3-5H,6-11H2,1-2H3. The molecule has 0 aliphatic rings. The Hall–Kier alpha value is -1.05. The van der Waals surface area contributed by atoms with Gasteiger partial charge in [-0.15, -0.1) is 0 Å². The molecule has 1 rings (SSSR count). The topological polar surface area (TPSA) is 55.4 Å². The predicted molar refractivity (Wildman–Crippen MR) is 78.1 cm³/mol. The van der Waals surface area contributed by atoms with Crippen LogP contribution >= 0.6 is 11.6 Å². The molecule has 0 aliphatic heterocycles. The maximum absolute atomic E-state index is 6.09. The summed E-state index contributed by atoms with van der Waals surface area (Å²) in [6, 6.07) is 5.23. The minimum atomic E-state index is 0.0635. The molecule has 0 atom stereocenters. The van der Waals surface area contributed by atoms with Gasteiger partial charge >= 0.3 is 0 Å². The first-order chi connectivity index (χ1) is 10.3. The van der Waals surface area contributed by atoms with Gasteiger partial charge < -0.3 is 28.4 Å². The van der Waals surface area contributed by atoms with Crippen molar-refractivity contribution >= 4 is 11.6 Å². The van der Waals surface area contributed by atoms with Crippen LogP contribution in [-0.4, -0.2) is 54.2 Å². The zero-order valence-electron chi connectivity index (χ0n) is 12.3. The highest BCUT2D eigenvalue weighted by Gasteiger charge is 2.10. The summed E-state index contributed by atoms with van der Waals surface area (Å²) in [6.07, 6.45) is 0. The van der Waals surface area contributed by atoms with Gasteiger partial charge in [-0.05, 0) is 12.1 Å². The molecule has 120 valence electrons. The monoisotopic (exact) mass is 320 g/mol. The van der Waals surface area contributed by atoms with Gasteiger partial charge in [-0.25, -0.2) is 0 Å². The predicted octanol–water partition coefficient (Wildman–Crippen LogP) is 2.34. The minimum Gasteiger partial charge on any atom is -0.464 e. The van der Waals surface area contributed by atoms with Crippen molar-refractivity contribution < 1.29 is 28.4 Å².